The Balaban J connectivity index is 3.47. The lowest BCUT2D eigenvalue weighted by molar-refractivity contribution is 0.507. The average Bonchev–Trinajstić information content (AvgIpc) is 0.722. The fourth-order valence-electron chi connectivity index (χ4n) is 0. The van der Waals surface area contributed by atoms with Gasteiger partial charge in [0.2, 0.25) is 0 Å². The van der Waals surface area contributed by atoms with Gasteiger partial charge in [0.25, 0.3) is 6.57 Å². The monoisotopic (exact) mass is 111 g/mol. The Kier molecular flexibility index (Phi) is 1.47. The third-order valence-electron chi connectivity index (χ3n) is 0. The zero-order valence-electron chi connectivity index (χ0n) is 2.46. The summed E-state index contributed by atoms with van der Waals surface area (Å²) in [5, 5.41) is 0. The smallest absolute Gasteiger partial charge is 0.252 e. The molecular formula is CH4O2PS. The minimum atomic E-state index is -3.19. The molecule has 0 rings (SSSR count). The molecule has 0 saturated heterocycles. The number of thiol groups is 1. The molecule has 4 heteroatoms. The van der Waals surface area contributed by atoms with Gasteiger partial charge in [-0.05, 0) is 0 Å². The molecule has 0 aromatic carbocycles. The molecule has 0 spiro atoms. The highest BCUT2D eigenvalue weighted by Gasteiger charge is 1.94. The largest absolute Gasteiger partial charge is 0.337 e. The van der Waals surface area contributed by atoms with Gasteiger partial charge >= 0.3 is 0 Å². The third kappa shape index (κ3) is 100. The second kappa shape index (κ2) is 1.33. The molecule has 0 bridgehead atoms. The van der Waals surface area contributed by atoms with Crippen LogP contribution in [-0.4, -0.2) is 4.89 Å². The van der Waals surface area contributed by atoms with Crippen LogP contribution < -0.4 is 0 Å². The highest BCUT2D eigenvalue weighted by molar-refractivity contribution is 8.46. The second-order valence-electron chi connectivity index (χ2n) is 0.665. The highest BCUT2D eigenvalue weighted by atomic mass is 32.7. The Labute approximate surface area is 35.8 Å². The van der Waals surface area contributed by atoms with E-state index < -0.39 is 6.57 Å². The first-order valence-corrected chi connectivity index (χ1v) is 3.90. The number of rotatable bonds is 0. The normalized spacial score (nSPS) is 21.4. The van der Waals surface area contributed by atoms with Crippen LogP contribution in [0.2, 0.25) is 0 Å². The summed E-state index contributed by atoms with van der Waals surface area (Å²) < 4.78 is 9.52. The SMILES string of the molecule is [CH2]P(=O)(O)S. The van der Waals surface area contributed by atoms with E-state index in [9.17, 15) is 4.57 Å². The first-order valence-electron chi connectivity index (χ1n) is 0.899. The van der Waals surface area contributed by atoms with Gasteiger partial charge in [0, 0.05) is 6.66 Å². The van der Waals surface area contributed by atoms with Crippen LogP contribution >= 0.6 is 18.8 Å². The van der Waals surface area contributed by atoms with Crippen molar-refractivity contribution in [3.8, 4) is 0 Å². The summed E-state index contributed by atoms with van der Waals surface area (Å²) in [5.74, 6) is 0. The van der Waals surface area contributed by atoms with E-state index in [0.717, 1.165) is 0 Å². The molecular weight excluding hydrogens is 107 g/mol. The highest BCUT2D eigenvalue weighted by Crippen LogP contribution is 2.42. The van der Waals surface area contributed by atoms with Gasteiger partial charge in [-0.1, -0.05) is 12.2 Å². The lowest BCUT2D eigenvalue weighted by Gasteiger charge is -1.84. The lowest BCUT2D eigenvalue weighted by Crippen LogP contribution is -1.47. The van der Waals surface area contributed by atoms with Gasteiger partial charge in [-0.2, -0.15) is 0 Å². The predicted molar refractivity (Wildman–Crippen MR) is 24.2 cm³/mol. The van der Waals surface area contributed by atoms with Crippen molar-refractivity contribution in [1.29, 1.82) is 0 Å². The van der Waals surface area contributed by atoms with Crippen LogP contribution in [-0.2, 0) is 4.57 Å². The van der Waals surface area contributed by atoms with Crippen LogP contribution in [0.4, 0.5) is 0 Å². The first-order chi connectivity index (χ1) is 2.00. The van der Waals surface area contributed by atoms with Crippen molar-refractivity contribution in [2.75, 3.05) is 0 Å². The standard InChI is InChI=1S/CH4O2PS/c1-4(2,3)5/h1H2,(H2,2,3,5). The Bertz CT molecular complexity index is 55.8. The summed E-state index contributed by atoms with van der Waals surface area (Å²) in [6.45, 7) is -0.448. The summed E-state index contributed by atoms with van der Waals surface area (Å²) in [6.07, 6.45) is 0. The van der Waals surface area contributed by atoms with Crippen molar-refractivity contribution in [3.05, 3.63) is 6.66 Å². The van der Waals surface area contributed by atoms with Crippen LogP contribution in [0.3, 0.4) is 0 Å². The van der Waals surface area contributed by atoms with E-state index >= 15 is 0 Å². The zero-order valence-corrected chi connectivity index (χ0v) is 4.25. The van der Waals surface area contributed by atoms with Crippen molar-refractivity contribution in [1.82, 2.24) is 0 Å². The quantitative estimate of drug-likeness (QED) is 0.360. The Morgan fingerprint density at radius 3 is 2.00 bits per heavy atom. The van der Waals surface area contributed by atoms with E-state index in [-0.39, 0.29) is 0 Å². The van der Waals surface area contributed by atoms with Gasteiger partial charge in [0.05, 0.1) is 0 Å². The fraction of sp³-hybridized carbons (Fsp3) is 0. The van der Waals surface area contributed by atoms with Crippen molar-refractivity contribution in [2.45, 2.75) is 0 Å². The molecule has 0 amide bonds. The van der Waals surface area contributed by atoms with Gasteiger partial charge < -0.3 is 4.89 Å². The van der Waals surface area contributed by atoms with E-state index in [1.807, 2.05) is 0 Å². The van der Waals surface area contributed by atoms with Crippen molar-refractivity contribution in [2.24, 2.45) is 0 Å². The van der Waals surface area contributed by atoms with Crippen LogP contribution in [0.5, 0.6) is 0 Å². The van der Waals surface area contributed by atoms with E-state index in [0.29, 0.717) is 0 Å². The molecule has 31 valence electrons. The molecule has 0 aromatic rings. The number of hydrogen-bond acceptors (Lipinski definition) is 1. The molecule has 0 aromatic heterocycles. The van der Waals surface area contributed by atoms with Gasteiger partial charge in [-0.3, -0.25) is 4.57 Å². The van der Waals surface area contributed by atoms with Gasteiger partial charge in [0.1, 0.15) is 0 Å². The maximum atomic E-state index is 9.52. The molecule has 0 heterocycles. The van der Waals surface area contributed by atoms with Crippen molar-refractivity contribution < 1.29 is 9.46 Å². The van der Waals surface area contributed by atoms with E-state index in [4.69, 9.17) is 4.89 Å². The molecule has 0 aliphatic carbocycles. The lowest BCUT2D eigenvalue weighted by atomic mass is 12.0. The van der Waals surface area contributed by atoms with Gasteiger partial charge in [0.15, 0.2) is 0 Å². The summed E-state index contributed by atoms with van der Waals surface area (Å²) >= 11 is 3.12. The molecule has 0 fully saturated rings. The molecule has 0 saturated carbocycles. The molecule has 1 N–H and O–H groups in total. The number of hydrogen-bond donors (Lipinski definition) is 2. The summed E-state index contributed by atoms with van der Waals surface area (Å²) in [5.41, 5.74) is 0. The van der Waals surface area contributed by atoms with Crippen LogP contribution in [0.15, 0.2) is 0 Å². The molecule has 1 unspecified atom stereocenters. The van der Waals surface area contributed by atoms with Crippen molar-refractivity contribution >= 4 is 18.8 Å². The molecule has 5 heavy (non-hydrogen) atoms. The van der Waals surface area contributed by atoms with Crippen molar-refractivity contribution in [3.63, 3.8) is 0 Å². The summed E-state index contributed by atoms with van der Waals surface area (Å²) in [7, 11) is 0. The summed E-state index contributed by atoms with van der Waals surface area (Å²) in [6, 6.07) is 0. The van der Waals surface area contributed by atoms with Gasteiger partial charge in [-0.15, -0.1) is 0 Å². The van der Waals surface area contributed by atoms with Crippen LogP contribution in [0.25, 0.3) is 0 Å². The van der Waals surface area contributed by atoms with E-state index in [2.05, 4.69) is 18.9 Å². The Morgan fingerprint density at radius 2 is 2.00 bits per heavy atom. The molecule has 1 radical (unpaired) electrons. The minimum absolute atomic E-state index is 2.75. The Morgan fingerprint density at radius 1 is 2.00 bits per heavy atom. The fourth-order valence-corrected chi connectivity index (χ4v) is 0. The zero-order chi connectivity index (χ0) is 4.50. The molecule has 2 nitrogen and oxygen atoms in total. The maximum absolute atomic E-state index is 9.52. The predicted octanol–water partition coefficient (Wildman–Crippen LogP) is 0.893. The minimum Gasteiger partial charge on any atom is -0.337 e. The molecule has 0 aliphatic rings. The topological polar surface area (TPSA) is 37.3 Å². The van der Waals surface area contributed by atoms with Crippen LogP contribution in [0, 0.1) is 6.66 Å². The van der Waals surface area contributed by atoms with E-state index in [1.165, 1.54) is 0 Å². The summed E-state index contributed by atoms with van der Waals surface area (Å²) in [4.78, 5) is 7.83. The molecule has 1 atom stereocenters. The maximum Gasteiger partial charge on any atom is 0.252 e. The second-order valence-corrected chi connectivity index (χ2v) is 3.87. The molecule has 0 aliphatic heterocycles. The first kappa shape index (κ1) is 5.54. The average molecular weight is 111 g/mol. The third-order valence-corrected chi connectivity index (χ3v) is 0. The van der Waals surface area contributed by atoms with E-state index in [1.54, 1.807) is 0 Å². The van der Waals surface area contributed by atoms with Gasteiger partial charge in [-0.25, -0.2) is 0 Å². The van der Waals surface area contributed by atoms with Crippen LogP contribution in [0.1, 0.15) is 0 Å². The Hall–Kier alpha value is 0.540.